The smallest absolute Gasteiger partial charge is 0.257 e. The van der Waals surface area contributed by atoms with Crippen molar-refractivity contribution in [2.75, 3.05) is 13.1 Å². The molecule has 1 aromatic rings. The number of halogens is 2. The number of nitrogens with zero attached hydrogens (tertiary/aromatic N) is 1. The van der Waals surface area contributed by atoms with E-state index in [0.717, 1.165) is 0 Å². The molecule has 1 aliphatic rings. The van der Waals surface area contributed by atoms with Crippen LogP contribution in [-0.2, 0) is 0 Å². The molecule has 17 heavy (non-hydrogen) atoms. The van der Waals surface area contributed by atoms with Gasteiger partial charge in [-0.1, -0.05) is 15.9 Å². The molecule has 1 amide bonds. The van der Waals surface area contributed by atoms with Crippen LogP contribution in [0.5, 0.6) is 0 Å². The molecule has 0 radical (unpaired) electrons. The lowest BCUT2D eigenvalue weighted by molar-refractivity contribution is 0.0572. The van der Waals surface area contributed by atoms with Gasteiger partial charge in [-0.2, -0.15) is 0 Å². The Morgan fingerprint density at radius 1 is 1.35 bits per heavy atom. The molecule has 2 atom stereocenters. The number of hydrogen-bond acceptors (Lipinski definition) is 3. The van der Waals surface area contributed by atoms with Crippen molar-refractivity contribution < 1.29 is 19.4 Å². The monoisotopic (exact) mass is 303 g/mol. The molecular formula is C11H11BrFNO3. The molecule has 1 fully saturated rings. The van der Waals surface area contributed by atoms with Crippen molar-refractivity contribution in [3.63, 3.8) is 0 Å². The SMILES string of the molecule is O=C(c1ccc(Br)cc1F)N1C[C@@H](O)[C@@H](O)C1. The van der Waals surface area contributed by atoms with Crippen LogP contribution in [0.15, 0.2) is 22.7 Å². The average Bonchev–Trinajstić information content (AvgIpc) is 2.58. The number of aliphatic hydroxyl groups is 2. The highest BCUT2D eigenvalue weighted by molar-refractivity contribution is 9.10. The summed E-state index contributed by atoms with van der Waals surface area (Å²) in [4.78, 5) is 13.2. The van der Waals surface area contributed by atoms with Crippen LogP contribution in [0, 0.1) is 5.82 Å². The van der Waals surface area contributed by atoms with Crippen LogP contribution in [0.2, 0.25) is 0 Å². The Labute approximate surface area is 106 Å². The Hall–Kier alpha value is -0.980. The van der Waals surface area contributed by atoms with Crippen molar-refractivity contribution >= 4 is 21.8 Å². The van der Waals surface area contributed by atoms with Crippen LogP contribution in [0.1, 0.15) is 10.4 Å². The van der Waals surface area contributed by atoms with Crippen LogP contribution >= 0.6 is 15.9 Å². The summed E-state index contributed by atoms with van der Waals surface area (Å²) in [6.07, 6.45) is -1.92. The quantitative estimate of drug-likeness (QED) is 0.805. The second-order valence-corrected chi connectivity index (χ2v) is 4.88. The standard InChI is InChI=1S/C11H11BrFNO3/c12-6-1-2-7(8(13)3-6)11(17)14-4-9(15)10(16)5-14/h1-3,9-10,15-16H,4-5H2/t9-,10+. The van der Waals surface area contributed by atoms with Gasteiger partial charge in [-0.25, -0.2) is 4.39 Å². The Morgan fingerprint density at radius 3 is 2.47 bits per heavy atom. The van der Waals surface area contributed by atoms with Crippen LogP contribution in [0.3, 0.4) is 0 Å². The Kier molecular flexibility index (Phi) is 3.46. The first-order chi connectivity index (χ1) is 7.99. The minimum atomic E-state index is -0.961. The molecule has 0 spiro atoms. The normalized spacial score (nSPS) is 24.1. The van der Waals surface area contributed by atoms with Gasteiger partial charge < -0.3 is 15.1 Å². The van der Waals surface area contributed by atoms with Gasteiger partial charge in [-0.3, -0.25) is 4.79 Å². The van der Waals surface area contributed by atoms with Crippen molar-refractivity contribution in [2.24, 2.45) is 0 Å². The van der Waals surface area contributed by atoms with Gasteiger partial charge in [0.2, 0.25) is 0 Å². The number of aliphatic hydroxyl groups excluding tert-OH is 2. The van der Waals surface area contributed by atoms with E-state index >= 15 is 0 Å². The molecule has 0 aromatic heterocycles. The number of carbonyl (C=O) groups excluding carboxylic acids is 1. The largest absolute Gasteiger partial charge is 0.388 e. The fourth-order valence-electron chi connectivity index (χ4n) is 1.77. The van der Waals surface area contributed by atoms with Gasteiger partial charge in [0.15, 0.2) is 0 Å². The molecule has 6 heteroatoms. The van der Waals surface area contributed by atoms with Gasteiger partial charge >= 0.3 is 0 Å². The summed E-state index contributed by atoms with van der Waals surface area (Å²) in [6.45, 7) is 0.0466. The van der Waals surface area contributed by atoms with Gasteiger partial charge in [0.1, 0.15) is 5.82 Å². The molecule has 1 aromatic carbocycles. The zero-order valence-corrected chi connectivity index (χ0v) is 10.4. The summed E-state index contributed by atoms with van der Waals surface area (Å²) < 4.78 is 14.1. The lowest BCUT2D eigenvalue weighted by Crippen LogP contribution is -2.30. The lowest BCUT2D eigenvalue weighted by atomic mass is 10.2. The fraction of sp³-hybridized carbons (Fsp3) is 0.364. The molecule has 0 unspecified atom stereocenters. The first kappa shape index (κ1) is 12.5. The van der Waals surface area contributed by atoms with Crippen molar-refractivity contribution in [2.45, 2.75) is 12.2 Å². The van der Waals surface area contributed by atoms with Crippen molar-refractivity contribution in [1.29, 1.82) is 0 Å². The van der Waals surface area contributed by atoms with Gasteiger partial charge in [0.25, 0.3) is 5.91 Å². The fourth-order valence-corrected chi connectivity index (χ4v) is 2.10. The molecule has 1 saturated heterocycles. The zero-order valence-electron chi connectivity index (χ0n) is 8.81. The van der Waals surface area contributed by atoms with Crippen LogP contribution < -0.4 is 0 Å². The minimum absolute atomic E-state index is 0.0233. The maximum Gasteiger partial charge on any atom is 0.257 e. The summed E-state index contributed by atoms with van der Waals surface area (Å²) in [5.41, 5.74) is -0.0606. The van der Waals surface area contributed by atoms with Gasteiger partial charge in [-0.05, 0) is 18.2 Å². The predicted octanol–water partition coefficient (Wildman–Crippen LogP) is 0.766. The molecule has 0 bridgehead atoms. The van der Waals surface area contributed by atoms with E-state index < -0.39 is 23.9 Å². The van der Waals surface area contributed by atoms with Crippen LogP contribution in [0.25, 0.3) is 0 Å². The number of amides is 1. The summed E-state index contributed by atoms with van der Waals surface area (Å²) >= 11 is 3.10. The van der Waals surface area contributed by atoms with E-state index in [0.29, 0.717) is 4.47 Å². The summed E-state index contributed by atoms with van der Waals surface area (Å²) in [6, 6.07) is 4.15. The summed E-state index contributed by atoms with van der Waals surface area (Å²) in [7, 11) is 0. The highest BCUT2D eigenvalue weighted by Gasteiger charge is 2.33. The molecular weight excluding hydrogens is 293 g/mol. The summed E-state index contributed by atoms with van der Waals surface area (Å²) in [5, 5.41) is 18.7. The number of hydrogen-bond donors (Lipinski definition) is 2. The molecule has 1 aliphatic heterocycles. The van der Waals surface area contributed by atoms with E-state index in [-0.39, 0.29) is 18.7 Å². The van der Waals surface area contributed by atoms with E-state index in [1.165, 1.54) is 17.0 Å². The molecule has 2 rings (SSSR count). The average molecular weight is 304 g/mol. The van der Waals surface area contributed by atoms with E-state index in [1.54, 1.807) is 6.07 Å². The Morgan fingerprint density at radius 2 is 1.94 bits per heavy atom. The van der Waals surface area contributed by atoms with E-state index in [1.807, 2.05) is 0 Å². The van der Waals surface area contributed by atoms with E-state index in [2.05, 4.69) is 15.9 Å². The lowest BCUT2D eigenvalue weighted by Gasteiger charge is -2.15. The Bertz CT molecular complexity index is 444. The highest BCUT2D eigenvalue weighted by Crippen LogP contribution is 2.19. The molecule has 4 nitrogen and oxygen atoms in total. The molecule has 2 N–H and O–H groups in total. The topological polar surface area (TPSA) is 60.8 Å². The first-order valence-corrected chi connectivity index (χ1v) is 5.89. The minimum Gasteiger partial charge on any atom is -0.388 e. The third-order valence-electron chi connectivity index (χ3n) is 2.71. The maximum absolute atomic E-state index is 13.5. The number of benzene rings is 1. The maximum atomic E-state index is 13.5. The predicted molar refractivity (Wildman–Crippen MR) is 62.0 cm³/mol. The van der Waals surface area contributed by atoms with Crippen LogP contribution in [-0.4, -0.2) is 46.3 Å². The Balaban J connectivity index is 2.20. The van der Waals surface area contributed by atoms with Crippen LogP contribution in [0.4, 0.5) is 4.39 Å². The van der Waals surface area contributed by atoms with Gasteiger partial charge in [0.05, 0.1) is 17.8 Å². The van der Waals surface area contributed by atoms with Crippen molar-refractivity contribution in [3.8, 4) is 0 Å². The number of likely N-dealkylation sites (tertiary alicyclic amines) is 1. The second-order valence-electron chi connectivity index (χ2n) is 3.97. The first-order valence-electron chi connectivity index (χ1n) is 5.09. The zero-order chi connectivity index (χ0) is 12.6. The highest BCUT2D eigenvalue weighted by atomic mass is 79.9. The molecule has 1 heterocycles. The molecule has 0 saturated carbocycles. The third kappa shape index (κ3) is 2.48. The van der Waals surface area contributed by atoms with E-state index in [9.17, 15) is 19.4 Å². The van der Waals surface area contributed by atoms with Crippen molar-refractivity contribution in [3.05, 3.63) is 34.1 Å². The second kappa shape index (κ2) is 4.72. The summed E-state index contributed by atoms with van der Waals surface area (Å²) in [5.74, 6) is -1.15. The van der Waals surface area contributed by atoms with Gasteiger partial charge in [0, 0.05) is 17.6 Å². The third-order valence-corrected chi connectivity index (χ3v) is 3.20. The molecule has 0 aliphatic carbocycles. The number of rotatable bonds is 1. The van der Waals surface area contributed by atoms with Crippen molar-refractivity contribution in [1.82, 2.24) is 4.90 Å². The molecule has 92 valence electrons. The number of β-amino-alcohol motifs (C(OH)–C–C–N with tert-alkyl or cyclic N) is 2. The van der Waals surface area contributed by atoms with E-state index in [4.69, 9.17) is 0 Å². The van der Waals surface area contributed by atoms with Gasteiger partial charge in [-0.15, -0.1) is 0 Å². The number of carbonyl (C=O) groups is 1.